The molecule has 2 aromatic carbocycles. The van der Waals surface area contributed by atoms with Crippen molar-refractivity contribution in [3.05, 3.63) is 70.6 Å². The molecule has 0 bridgehead atoms. The van der Waals surface area contributed by atoms with E-state index >= 15 is 0 Å². The molecule has 0 aliphatic carbocycles. The summed E-state index contributed by atoms with van der Waals surface area (Å²) in [5.41, 5.74) is 4.71. The van der Waals surface area contributed by atoms with E-state index in [0.717, 1.165) is 22.3 Å². The van der Waals surface area contributed by atoms with Gasteiger partial charge in [-0.25, -0.2) is 0 Å². The first-order chi connectivity index (χ1) is 13.8. The minimum Gasteiger partial charge on any atom is -0.453 e. The van der Waals surface area contributed by atoms with Gasteiger partial charge in [-0.05, 0) is 57.0 Å². The van der Waals surface area contributed by atoms with Crippen LogP contribution in [0, 0.1) is 20.8 Å². The van der Waals surface area contributed by atoms with Crippen molar-refractivity contribution in [3.63, 3.8) is 0 Å². The fourth-order valence-electron chi connectivity index (χ4n) is 2.79. The number of esters is 1. The maximum Gasteiger partial charge on any atom is 0.307 e. The third kappa shape index (κ3) is 5.16. The molecule has 29 heavy (non-hydrogen) atoms. The SMILES string of the molecule is Cc1ccc(-c2nnc(C(C)OC(=O)CCC(=O)c3ccc(C)c(C)c3)o2)cc1. The number of ketones is 1. The highest BCUT2D eigenvalue weighted by molar-refractivity contribution is 5.97. The number of aryl methyl sites for hydroxylation is 3. The van der Waals surface area contributed by atoms with Crippen molar-refractivity contribution in [1.82, 2.24) is 10.2 Å². The van der Waals surface area contributed by atoms with Gasteiger partial charge >= 0.3 is 5.97 Å². The number of carbonyl (C=O) groups excluding carboxylic acids is 2. The molecule has 6 nitrogen and oxygen atoms in total. The third-order valence-corrected chi connectivity index (χ3v) is 4.78. The fourth-order valence-corrected chi connectivity index (χ4v) is 2.79. The molecule has 1 heterocycles. The van der Waals surface area contributed by atoms with Crippen molar-refractivity contribution in [2.45, 2.75) is 46.6 Å². The standard InChI is InChI=1S/C23H24N2O4/c1-14-5-8-18(9-6-14)23-25-24-22(29-23)17(4)28-21(27)12-11-20(26)19-10-7-15(2)16(3)13-19/h5-10,13,17H,11-12H2,1-4H3. The maximum atomic E-state index is 12.3. The molecule has 0 fully saturated rings. The van der Waals surface area contributed by atoms with Gasteiger partial charge in [0.15, 0.2) is 11.9 Å². The van der Waals surface area contributed by atoms with Crippen LogP contribution in [0.1, 0.15) is 58.8 Å². The number of benzene rings is 2. The van der Waals surface area contributed by atoms with Crippen LogP contribution in [0.3, 0.4) is 0 Å². The van der Waals surface area contributed by atoms with E-state index in [9.17, 15) is 9.59 Å². The number of hydrogen-bond acceptors (Lipinski definition) is 6. The summed E-state index contributed by atoms with van der Waals surface area (Å²) in [4.78, 5) is 24.4. The van der Waals surface area contributed by atoms with E-state index in [-0.39, 0.29) is 24.5 Å². The monoisotopic (exact) mass is 392 g/mol. The van der Waals surface area contributed by atoms with Crippen LogP contribution in [0.25, 0.3) is 11.5 Å². The predicted octanol–water partition coefficient (Wildman–Crippen LogP) is 4.93. The maximum absolute atomic E-state index is 12.3. The Morgan fingerprint density at radius 2 is 1.69 bits per heavy atom. The zero-order valence-electron chi connectivity index (χ0n) is 17.1. The van der Waals surface area contributed by atoms with Gasteiger partial charge < -0.3 is 9.15 Å². The average Bonchev–Trinajstić information content (AvgIpc) is 3.19. The highest BCUT2D eigenvalue weighted by atomic mass is 16.6. The summed E-state index contributed by atoms with van der Waals surface area (Å²) in [7, 11) is 0. The average molecular weight is 392 g/mol. The molecular weight excluding hydrogens is 368 g/mol. The molecule has 0 saturated heterocycles. The Morgan fingerprint density at radius 3 is 2.38 bits per heavy atom. The van der Waals surface area contributed by atoms with Gasteiger partial charge in [0.1, 0.15) is 0 Å². The van der Waals surface area contributed by atoms with E-state index in [4.69, 9.17) is 9.15 Å². The highest BCUT2D eigenvalue weighted by Crippen LogP contribution is 2.23. The van der Waals surface area contributed by atoms with Crippen LogP contribution in [-0.4, -0.2) is 21.9 Å². The molecule has 1 aromatic heterocycles. The van der Waals surface area contributed by atoms with Gasteiger partial charge in [-0.3, -0.25) is 9.59 Å². The second-order valence-electron chi connectivity index (χ2n) is 7.17. The molecule has 6 heteroatoms. The van der Waals surface area contributed by atoms with Gasteiger partial charge in [-0.2, -0.15) is 0 Å². The molecule has 1 unspecified atom stereocenters. The van der Waals surface area contributed by atoms with Crippen molar-refractivity contribution in [3.8, 4) is 11.5 Å². The molecule has 3 rings (SSSR count). The zero-order valence-corrected chi connectivity index (χ0v) is 17.1. The van der Waals surface area contributed by atoms with E-state index in [0.29, 0.717) is 11.5 Å². The number of rotatable bonds is 7. The van der Waals surface area contributed by atoms with E-state index < -0.39 is 12.1 Å². The topological polar surface area (TPSA) is 82.3 Å². The van der Waals surface area contributed by atoms with Crippen LogP contribution in [0.15, 0.2) is 46.9 Å². The minimum atomic E-state index is -0.689. The van der Waals surface area contributed by atoms with Gasteiger partial charge in [0, 0.05) is 17.5 Å². The van der Waals surface area contributed by atoms with Crippen molar-refractivity contribution < 1.29 is 18.7 Å². The highest BCUT2D eigenvalue weighted by Gasteiger charge is 2.20. The number of aromatic nitrogens is 2. The predicted molar refractivity (Wildman–Crippen MR) is 108 cm³/mol. The Bertz CT molecular complexity index is 1020. The molecule has 0 amide bonds. The lowest BCUT2D eigenvalue weighted by molar-refractivity contribution is -0.149. The molecule has 3 aromatic rings. The molecule has 0 radical (unpaired) electrons. The molecule has 0 N–H and O–H groups in total. The molecule has 150 valence electrons. The zero-order chi connectivity index (χ0) is 21.0. The number of ether oxygens (including phenoxy) is 1. The van der Waals surface area contributed by atoms with Crippen molar-refractivity contribution in [1.29, 1.82) is 0 Å². The lowest BCUT2D eigenvalue weighted by Gasteiger charge is -2.09. The third-order valence-electron chi connectivity index (χ3n) is 4.78. The van der Waals surface area contributed by atoms with Crippen molar-refractivity contribution in [2.24, 2.45) is 0 Å². The van der Waals surface area contributed by atoms with Gasteiger partial charge in [0.2, 0.25) is 5.89 Å². The minimum absolute atomic E-state index is 0.00491. The molecule has 0 spiro atoms. The number of carbonyl (C=O) groups is 2. The Labute approximate surface area is 169 Å². The summed E-state index contributed by atoms with van der Waals surface area (Å²) >= 11 is 0. The van der Waals surface area contributed by atoms with Gasteiger partial charge in [-0.1, -0.05) is 29.8 Å². The van der Waals surface area contributed by atoms with Crippen molar-refractivity contribution in [2.75, 3.05) is 0 Å². The smallest absolute Gasteiger partial charge is 0.307 e. The quantitative estimate of drug-likeness (QED) is 0.419. The summed E-state index contributed by atoms with van der Waals surface area (Å²) in [6.07, 6.45) is -0.604. The lowest BCUT2D eigenvalue weighted by Crippen LogP contribution is -2.11. The fraction of sp³-hybridized carbons (Fsp3) is 0.304. The summed E-state index contributed by atoms with van der Waals surface area (Å²) in [6, 6.07) is 13.2. The first-order valence-corrected chi connectivity index (χ1v) is 9.54. The van der Waals surface area contributed by atoms with Crippen LogP contribution in [-0.2, 0) is 9.53 Å². The Balaban J connectivity index is 1.54. The van der Waals surface area contributed by atoms with E-state index in [1.165, 1.54) is 0 Å². The first kappa shape index (κ1) is 20.5. The number of Topliss-reactive ketones (excluding diaryl/α,β-unsaturated/α-hetero) is 1. The summed E-state index contributed by atoms with van der Waals surface area (Å²) in [6.45, 7) is 7.60. The van der Waals surface area contributed by atoms with E-state index in [2.05, 4.69) is 10.2 Å². The summed E-state index contributed by atoms with van der Waals surface area (Å²) < 4.78 is 11.0. The Hall–Kier alpha value is -3.28. The second kappa shape index (κ2) is 8.82. The molecular formula is C23H24N2O4. The van der Waals surface area contributed by atoms with Gasteiger partial charge in [-0.15, -0.1) is 10.2 Å². The largest absolute Gasteiger partial charge is 0.453 e. The van der Waals surface area contributed by atoms with Crippen LogP contribution in [0.4, 0.5) is 0 Å². The summed E-state index contributed by atoms with van der Waals surface area (Å²) in [5, 5.41) is 7.98. The Kier molecular flexibility index (Phi) is 6.22. The molecule has 0 saturated carbocycles. The summed E-state index contributed by atoms with van der Waals surface area (Å²) in [5.74, 6) is 0.0177. The van der Waals surface area contributed by atoms with E-state index in [1.54, 1.807) is 13.0 Å². The van der Waals surface area contributed by atoms with Crippen molar-refractivity contribution >= 4 is 11.8 Å². The molecule has 1 atom stereocenters. The lowest BCUT2D eigenvalue weighted by atomic mass is 10.0. The Morgan fingerprint density at radius 1 is 0.966 bits per heavy atom. The molecule has 0 aliphatic heterocycles. The molecule has 0 aliphatic rings. The van der Waals surface area contributed by atoms with Crippen LogP contribution >= 0.6 is 0 Å². The van der Waals surface area contributed by atoms with Crippen LogP contribution in [0.2, 0.25) is 0 Å². The van der Waals surface area contributed by atoms with E-state index in [1.807, 2.05) is 57.2 Å². The number of nitrogens with zero attached hydrogens (tertiary/aromatic N) is 2. The van der Waals surface area contributed by atoms with Gasteiger partial charge in [0.25, 0.3) is 5.89 Å². The van der Waals surface area contributed by atoms with Crippen LogP contribution < -0.4 is 0 Å². The second-order valence-corrected chi connectivity index (χ2v) is 7.17. The first-order valence-electron chi connectivity index (χ1n) is 9.54. The van der Waals surface area contributed by atoms with Gasteiger partial charge in [0.05, 0.1) is 6.42 Å². The van der Waals surface area contributed by atoms with Crippen LogP contribution in [0.5, 0.6) is 0 Å². The number of hydrogen-bond donors (Lipinski definition) is 0. The normalized spacial score (nSPS) is 11.9.